The van der Waals surface area contributed by atoms with Crippen molar-refractivity contribution >= 4 is 22.2 Å². The fourth-order valence-corrected chi connectivity index (χ4v) is 2.96. The van der Waals surface area contributed by atoms with Gasteiger partial charge in [-0.05, 0) is 36.2 Å². The Morgan fingerprint density at radius 3 is 2.37 bits per heavy atom. The van der Waals surface area contributed by atoms with Crippen molar-refractivity contribution in [1.29, 1.82) is 0 Å². The number of unbranched alkanes of at least 4 members (excludes halogenated alkanes) is 1. The van der Waals surface area contributed by atoms with Crippen LogP contribution in [0.4, 0.5) is 5.69 Å². The summed E-state index contributed by atoms with van der Waals surface area (Å²) in [6.45, 7) is 2.73. The normalized spacial score (nSPS) is 10.5. The van der Waals surface area contributed by atoms with Crippen LogP contribution in [0.25, 0.3) is 0 Å². The smallest absolute Gasteiger partial charge is 0.290 e. The molecular formula is C18H25N3O5S. The molecule has 2 rings (SSSR count). The molecule has 0 aromatic heterocycles. The van der Waals surface area contributed by atoms with Gasteiger partial charge in [0.05, 0.1) is 5.69 Å². The number of para-hydroxylation sites is 1. The summed E-state index contributed by atoms with van der Waals surface area (Å²) < 4.78 is 29.9. The van der Waals surface area contributed by atoms with Crippen LogP contribution < -0.4 is 20.9 Å². The Bertz CT molecular complexity index is 826. The van der Waals surface area contributed by atoms with Crippen molar-refractivity contribution in [3.63, 3.8) is 0 Å². The lowest BCUT2D eigenvalue weighted by molar-refractivity contribution is -0.122. The number of nitrogens with two attached hydrogens (primary N) is 2. The van der Waals surface area contributed by atoms with E-state index < -0.39 is 10.0 Å². The van der Waals surface area contributed by atoms with Gasteiger partial charge in [0.1, 0.15) is 10.6 Å². The van der Waals surface area contributed by atoms with Crippen molar-refractivity contribution in [1.82, 2.24) is 0 Å². The molecule has 0 aliphatic carbocycles. The minimum Gasteiger partial charge on any atom is -0.483 e. The molecule has 0 radical (unpaired) electrons. The molecule has 9 heteroatoms. The van der Waals surface area contributed by atoms with Crippen LogP contribution in [0.5, 0.6) is 11.5 Å². The van der Waals surface area contributed by atoms with E-state index in [0.717, 1.165) is 12.8 Å². The molecule has 27 heavy (non-hydrogen) atoms. The first kappa shape index (κ1) is 22.4. The first-order chi connectivity index (χ1) is 12.9. The lowest BCUT2D eigenvalue weighted by Gasteiger charge is -2.17. The highest BCUT2D eigenvalue weighted by atomic mass is 32.2. The average molecular weight is 395 g/mol. The molecule has 0 bridgehead atoms. The summed E-state index contributed by atoms with van der Waals surface area (Å²) in [5, 5.41) is 15.5. The fraction of sp³-hybridized carbons (Fsp3) is 0.278. The average Bonchev–Trinajstić information content (AvgIpc) is 2.63. The summed E-state index contributed by atoms with van der Waals surface area (Å²) in [6.07, 6.45) is 1.96. The van der Waals surface area contributed by atoms with E-state index >= 15 is 0 Å². The summed E-state index contributed by atoms with van der Waals surface area (Å²) in [7, 11) is -3.96. The number of anilines is 1. The van der Waals surface area contributed by atoms with Gasteiger partial charge in [-0.1, -0.05) is 31.5 Å². The molecule has 0 unspecified atom stereocenters. The number of sulfonamides is 1. The highest BCUT2D eigenvalue weighted by Gasteiger charge is 2.21. The summed E-state index contributed by atoms with van der Waals surface area (Å²) in [6, 6.07) is 12.2. The van der Waals surface area contributed by atoms with Gasteiger partial charge in [-0.2, -0.15) is 0 Å². The number of hydrogen-bond donors (Lipinski definition) is 4. The molecule has 0 atom stereocenters. The second kappa shape index (κ2) is 11.2. The molecular weight excluding hydrogens is 370 g/mol. The molecule has 0 saturated carbocycles. The van der Waals surface area contributed by atoms with Crippen molar-refractivity contribution in [2.45, 2.75) is 31.2 Å². The van der Waals surface area contributed by atoms with Gasteiger partial charge in [-0.15, -0.1) is 0 Å². The standard InChI is InChI=1S/C17H23N3O3S.CH2O2/c1-2-3-9-20-15-10-13(12-18)11-16(24(19,21)22)17(15)23-14-7-5-4-6-8-14;2-1-3/h4-8,10-11,20H,2-3,9,12,18H2,1H3,(H2,19,21,22);1H,(H,2,3). The minimum atomic E-state index is -3.96. The summed E-state index contributed by atoms with van der Waals surface area (Å²) in [5.74, 6) is 0.721. The predicted molar refractivity (Wildman–Crippen MR) is 104 cm³/mol. The van der Waals surface area contributed by atoms with Crippen LogP contribution in [-0.4, -0.2) is 26.5 Å². The lowest BCUT2D eigenvalue weighted by atomic mass is 10.1. The number of ether oxygens (including phenoxy) is 1. The van der Waals surface area contributed by atoms with Gasteiger partial charge in [0.2, 0.25) is 10.0 Å². The highest BCUT2D eigenvalue weighted by Crippen LogP contribution is 2.37. The summed E-state index contributed by atoms with van der Waals surface area (Å²) >= 11 is 0. The largest absolute Gasteiger partial charge is 0.483 e. The number of primary sulfonamides is 1. The van der Waals surface area contributed by atoms with Gasteiger partial charge in [0.15, 0.2) is 5.75 Å². The van der Waals surface area contributed by atoms with Crippen LogP contribution in [0, 0.1) is 0 Å². The molecule has 0 saturated heterocycles. The van der Waals surface area contributed by atoms with Crippen LogP contribution in [0.15, 0.2) is 47.4 Å². The molecule has 0 amide bonds. The maximum atomic E-state index is 12.0. The first-order valence-corrected chi connectivity index (χ1v) is 9.86. The van der Waals surface area contributed by atoms with Gasteiger partial charge in [-0.3, -0.25) is 4.79 Å². The van der Waals surface area contributed by atoms with E-state index in [2.05, 4.69) is 12.2 Å². The van der Waals surface area contributed by atoms with Crippen LogP contribution >= 0.6 is 0 Å². The van der Waals surface area contributed by atoms with Gasteiger partial charge in [0.25, 0.3) is 6.47 Å². The monoisotopic (exact) mass is 395 g/mol. The van der Waals surface area contributed by atoms with E-state index in [-0.39, 0.29) is 23.7 Å². The van der Waals surface area contributed by atoms with Crippen molar-refractivity contribution in [3.8, 4) is 11.5 Å². The number of hydrogen-bond acceptors (Lipinski definition) is 6. The number of carbonyl (C=O) groups is 1. The van der Waals surface area contributed by atoms with Gasteiger partial charge in [0, 0.05) is 13.1 Å². The first-order valence-electron chi connectivity index (χ1n) is 8.31. The molecule has 6 N–H and O–H groups in total. The maximum absolute atomic E-state index is 12.0. The minimum absolute atomic E-state index is 0.0756. The van der Waals surface area contributed by atoms with Crippen molar-refractivity contribution in [3.05, 3.63) is 48.0 Å². The van der Waals surface area contributed by atoms with Crippen LogP contribution in [0.3, 0.4) is 0 Å². The second-order valence-electron chi connectivity index (χ2n) is 5.52. The van der Waals surface area contributed by atoms with Crippen molar-refractivity contribution in [2.24, 2.45) is 10.9 Å². The zero-order valence-electron chi connectivity index (χ0n) is 15.1. The molecule has 0 heterocycles. The Morgan fingerprint density at radius 2 is 1.85 bits per heavy atom. The second-order valence-corrected chi connectivity index (χ2v) is 7.05. The quantitative estimate of drug-likeness (QED) is 0.397. The van der Waals surface area contributed by atoms with Crippen molar-refractivity contribution in [2.75, 3.05) is 11.9 Å². The predicted octanol–water partition coefficient (Wildman–Crippen LogP) is 2.50. The molecule has 2 aromatic carbocycles. The zero-order chi connectivity index (χ0) is 20.3. The summed E-state index contributed by atoms with van der Waals surface area (Å²) in [5.41, 5.74) is 6.92. The van der Waals surface area contributed by atoms with Gasteiger partial charge >= 0.3 is 0 Å². The number of carboxylic acid groups (broad SMARTS) is 1. The molecule has 148 valence electrons. The van der Waals surface area contributed by atoms with E-state index in [1.807, 2.05) is 18.2 Å². The Labute approximate surface area is 159 Å². The van der Waals surface area contributed by atoms with E-state index in [0.29, 0.717) is 23.5 Å². The molecule has 8 nitrogen and oxygen atoms in total. The number of benzene rings is 2. The Balaban J connectivity index is 0.00000114. The molecule has 0 spiro atoms. The number of rotatable bonds is 8. The van der Waals surface area contributed by atoms with Gasteiger partial charge in [-0.25, -0.2) is 13.6 Å². The number of nitrogens with one attached hydrogen (secondary N) is 1. The SMILES string of the molecule is CCCCNc1cc(CN)cc(S(N)(=O)=O)c1Oc1ccccc1.O=CO. The molecule has 0 fully saturated rings. The van der Waals surface area contributed by atoms with Crippen LogP contribution in [-0.2, 0) is 21.4 Å². The maximum Gasteiger partial charge on any atom is 0.290 e. The molecule has 0 aliphatic heterocycles. The van der Waals surface area contributed by atoms with Gasteiger partial charge < -0.3 is 20.9 Å². The van der Waals surface area contributed by atoms with E-state index in [9.17, 15) is 8.42 Å². The van der Waals surface area contributed by atoms with E-state index in [1.54, 1.807) is 18.2 Å². The fourth-order valence-electron chi connectivity index (χ4n) is 2.23. The van der Waals surface area contributed by atoms with Crippen molar-refractivity contribution < 1.29 is 23.1 Å². The molecule has 2 aromatic rings. The Kier molecular flexibility index (Phi) is 9.27. The van der Waals surface area contributed by atoms with Crippen LogP contribution in [0.2, 0.25) is 0 Å². The van der Waals surface area contributed by atoms with E-state index in [4.69, 9.17) is 25.5 Å². The third kappa shape index (κ3) is 7.26. The summed E-state index contributed by atoms with van der Waals surface area (Å²) in [4.78, 5) is 8.29. The third-order valence-electron chi connectivity index (χ3n) is 3.47. The Morgan fingerprint density at radius 1 is 1.22 bits per heavy atom. The highest BCUT2D eigenvalue weighted by molar-refractivity contribution is 7.89. The zero-order valence-corrected chi connectivity index (χ0v) is 15.9. The van der Waals surface area contributed by atoms with E-state index in [1.165, 1.54) is 6.07 Å². The van der Waals surface area contributed by atoms with Crippen LogP contribution in [0.1, 0.15) is 25.3 Å². The topological polar surface area (TPSA) is 145 Å². The lowest BCUT2D eigenvalue weighted by Crippen LogP contribution is -2.16. The Hall–Kier alpha value is -2.62. The molecule has 0 aliphatic rings. The third-order valence-corrected chi connectivity index (χ3v) is 4.38.